The molecule has 0 aliphatic carbocycles. The van der Waals surface area contributed by atoms with Gasteiger partial charge >= 0.3 is 0 Å². The highest BCUT2D eigenvalue weighted by molar-refractivity contribution is 6.34. The number of nitrogens with one attached hydrogen (secondary N) is 2. The minimum atomic E-state index is -0.535. The normalized spacial score (nSPS) is 16.0. The van der Waals surface area contributed by atoms with Crippen LogP contribution in [0.25, 0.3) is 0 Å². The van der Waals surface area contributed by atoms with Crippen molar-refractivity contribution in [2.75, 3.05) is 10.6 Å². The van der Waals surface area contributed by atoms with Crippen LogP contribution in [0.15, 0.2) is 41.0 Å². The Kier molecular flexibility index (Phi) is 4.19. The number of aromatic nitrogens is 2. The third-order valence-electron chi connectivity index (χ3n) is 4.37. The number of rotatable bonds is 3. The van der Waals surface area contributed by atoms with Gasteiger partial charge in [0.1, 0.15) is 17.4 Å². The number of nitrogens with zero attached hydrogens (tertiary/aromatic N) is 2. The number of fused-ring (bicyclic) bond motifs is 1. The van der Waals surface area contributed by atoms with E-state index in [0.29, 0.717) is 17.1 Å². The molecule has 4 rings (SSSR count). The van der Waals surface area contributed by atoms with Crippen LogP contribution in [0.1, 0.15) is 34.0 Å². The highest BCUT2D eigenvalue weighted by Gasteiger charge is 2.35. The summed E-state index contributed by atoms with van der Waals surface area (Å²) in [5.74, 6) is -0.284. The molecule has 1 aromatic carbocycles. The standard InChI is InChI=1S/C18H14ClFN4O3/c1-24-17-15(11(8-14(25)21-17)13-3-2-6-27-13)16(23-24)22-18(26)10-5-4-9(20)7-12(10)19/h2-7,11H,8H2,1H3,(H,21,25)(H,22,23,26)/t11-/m0/s1. The summed E-state index contributed by atoms with van der Waals surface area (Å²) in [4.78, 5) is 24.7. The molecular weight excluding hydrogens is 375 g/mol. The molecule has 138 valence electrons. The number of benzene rings is 1. The van der Waals surface area contributed by atoms with Crippen LogP contribution in [-0.2, 0) is 11.8 Å². The molecule has 0 radical (unpaired) electrons. The Hall–Kier alpha value is -3.13. The van der Waals surface area contributed by atoms with Crippen molar-refractivity contribution in [2.24, 2.45) is 7.05 Å². The van der Waals surface area contributed by atoms with Crippen LogP contribution >= 0.6 is 11.6 Å². The molecule has 9 heteroatoms. The van der Waals surface area contributed by atoms with Gasteiger partial charge in [-0.15, -0.1) is 0 Å². The van der Waals surface area contributed by atoms with E-state index in [4.69, 9.17) is 16.0 Å². The molecule has 0 bridgehead atoms. The van der Waals surface area contributed by atoms with Gasteiger partial charge < -0.3 is 15.1 Å². The van der Waals surface area contributed by atoms with Crippen molar-refractivity contribution in [3.05, 3.63) is 64.3 Å². The lowest BCUT2D eigenvalue weighted by atomic mass is 9.91. The van der Waals surface area contributed by atoms with E-state index in [9.17, 15) is 14.0 Å². The largest absolute Gasteiger partial charge is 0.469 e. The van der Waals surface area contributed by atoms with Crippen LogP contribution in [0.3, 0.4) is 0 Å². The van der Waals surface area contributed by atoms with Crippen LogP contribution in [0, 0.1) is 5.82 Å². The molecule has 3 aromatic rings. The van der Waals surface area contributed by atoms with Gasteiger partial charge in [0.15, 0.2) is 5.82 Å². The lowest BCUT2D eigenvalue weighted by molar-refractivity contribution is -0.116. The number of aryl methyl sites for hydroxylation is 1. The van der Waals surface area contributed by atoms with Gasteiger partial charge in [-0.25, -0.2) is 4.39 Å². The van der Waals surface area contributed by atoms with Crippen LogP contribution < -0.4 is 10.6 Å². The molecule has 2 amide bonds. The first kappa shape index (κ1) is 17.3. The van der Waals surface area contributed by atoms with E-state index in [1.807, 2.05) is 0 Å². The molecule has 0 fully saturated rings. The van der Waals surface area contributed by atoms with E-state index in [1.165, 1.54) is 17.0 Å². The van der Waals surface area contributed by atoms with Crippen molar-refractivity contribution in [3.63, 3.8) is 0 Å². The number of anilines is 2. The van der Waals surface area contributed by atoms with Crippen LogP contribution in [0.4, 0.5) is 16.0 Å². The first-order valence-electron chi connectivity index (χ1n) is 8.10. The third-order valence-corrected chi connectivity index (χ3v) is 4.69. The summed E-state index contributed by atoms with van der Waals surface area (Å²) in [6.45, 7) is 0. The molecule has 27 heavy (non-hydrogen) atoms. The van der Waals surface area contributed by atoms with E-state index < -0.39 is 17.6 Å². The van der Waals surface area contributed by atoms with Crippen LogP contribution in [0.5, 0.6) is 0 Å². The number of furan rings is 1. The van der Waals surface area contributed by atoms with Gasteiger partial charge in [0.25, 0.3) is 5.91 Å². The van der Waals surface area contributed by atoms with Crippen molar-refractivity contribution in [1.82, 2.24) is 9.78 Å². The SMILES string of the molecule is Cn1nc(NC(=O)c2ccc(F)cc2Cl)c2c1NC(=O)C[C@H]2c1ccco1. The number of hydrogen-bond donors (Lipinski definition) is 2. The highest BCUT2D eigenvalue weighted by Crippen LogP contribution is 2.41. The van der Waals surface area contributed by atoms with Crippen molar-refractivity contribution in [2.45, 2.75) is 12.3 Å². The molecule has 2 N–H and O–H groups in total. The fourth-order valence-electron chi connectivity index (χ4n) is 3.16. The van der Waals surface area contributed by atoms with Crippen molar-refractivity contribution in [3.8, 4) is 0 Å². The number of hydrogen-bond acceptors (Lipinski definition) is 4. The molecule has 1 aliphatic heterocycles. The number of amides is 2. The molecule has 7 nitrogen and oxygen atoms in total. The van der Waals surface area contributed by atoms with Gasteiger partial charge in [0.05, 0.1) is 28.3 Å². The maximum atomic E-state index is 13.2. The van der Waals surface area contributed by atoms with Crippen molar-refractivity contribution < 1.29 is 18.4 Å². The minimum absolute atomic E-state index is 0.00631. The van der Waals surface area contributed by atoms with Gasteiger partial charge in [0.2, 0.25) is 5.91 Å². The molecule has 0 saturated carbocycles. The monoisotopic (exact) mass is 388 g/mol. The lowest BCUT2D eigenvalue weighted by Gasteiger charge is -2.22. The zero-order valence-corrected chi connectivity index (χ0v) is 14.9. The minimum Gasteiger partial charge on any atom is -0.469 e. The fourth-order valence-corrected chi connectivity index (χ4v) is 3.42. The van der Waals surface area contributed by atoms with Crippen molar-refractivity contribution in [1.29, 1.82) is 0 Å². The van der Waals surface area contributed by atoms with E-state index in [0.717, 1.165) is 12.1 Å². The zero-order chi connectivity index (χ0) is 19.1. The Balaban J connectivity index is 1.73. The Morgan fingerprint density at radius 3 is 2.96 bits per heavy atom. The molecule has 0 unspecified atom stereocenters. The van der Waals surface area contributed by atoms with Crippen molar-refractivity contribution >= 4 is 35.1 Å². The predicted octanol–water partition coefficient (Wildman–Crippen LogP) is 3.53. The smallest absolute Gasteiger partial charge is 0.258 e. The summed E-state index contributed by atoms with van der Waals surface area (Å²) >= 11 is 5.97. The summed E-state index contributed by atoms with van der Waals surface area (Å²) < 4.78 is 20.2. The second-order valence-electron chi connectivity index (χ2n) is 6.13. The summed E-state index contributed by atoms with van der Waals surface area (Å²) in [5, 5.41) is 9.77. The topological polar surface area (TPSA) is 89.2 Å². The number of carbonyl (C=O) groups excluding carboxylic acids is 2. The van der Waals surface area contributed by atoms with Gasteiger partial charge in [-0.05, 0) is 30.3 Å². The maximum absolute atomic E-state index is 13.2. The van der Waals surface area contributed by atoms with Crippen LogP contribution in [0.2, 0.25) is 5.02 Å². The average Bonchev–Trinajstić information content (AvgIpc) is 3.23. The molecule has 0 spiro atoms. The molecule has 2 aromatic heterocycles. The first-order valence-corrected chi connectivity index (χ1v) is 8.48. The Bertz CT molecular complexity index is 1050. The first-order chi connectivity index (χ1) is 12.9. The number of carbonyl (C=O) groups is 2. The Labute approximate surface area is 158 Å². The molecule has 1 atom stereocenters. The van der Waals surface area contributed by atoms with Gasteiger partial charge in [-0.3, -0.25) is 14.3 Å². The summed E-state index contributed by atoms with van der Waals surface area (Å²) in [6.07, 6.45) is 1.68. The molecular formula is C18H14ClFN4O3. The second-order valence-corrected chi connectivity index (χ2v) is 6.54. The second kappa shape index (κ2) is 6.55. The number of halogens is 2. The quantitative estimate of drug-likeness (QED) is 0.718. The summed E-state index contributed by atoms with van der Waals surface area (Å²) in [5.41, 5.74) is 0.755. The zero-order valence-electron chi connectivity index (χ0n) is 14.1. The fraction of sp³-hybridized carbons (Fsp3) is 0.167. The van der Waals surface area contributed by atoms with Gasteiger partial charge in [-0.2, -0.15) is 5.10 Å². The van der Waals surface area contributed by atoms with E-state index in [2.05, 4.69) is 15.7 Å². The van der Waals surface area contributed by atoms with Gasteiger partial charge in [-0.1, -0.05) is 11.6 Å². The summed E-state index contributed by atoms with van der Waals surface area (Å²) in [7, 11) is 1.66. The third kappa shape index (κ3) is 3.08. The van der Waals surface area contributed by atoms with E-state index >= 15 is 0 Å². The lowest BCUT2D eigenvalue weighted by Crippen LogP contribution is -2.25. The average molecular weight is 389 g/mol. The molecule has 0 saturated heterocycles. The molecule has 3 heterocycles. The van der Waals surface area contributed by atoms with E-state index in [1.54, 1.807) is 19.2 Å². The highest BCUT2D eigenvalue weighted by atomic mass is 35.5. The van der Waals surface area contributed by atoms with Crippen LogP contribution in [-0.4, -0.2) is 21.6 Å². The Morgan fingerprint density at radius 2 is 2.26 bits per heavy atom. The van der Waals surface area contributed by atoms with E-state index in [-0.39, 0.29) is 28.7 Å². The molecule has 1 aliphatic rings. The van der Waals surface area contributed by atoms with Gasteiger partial charge in [0, 0.05) is 13.5 Å². The predicted molar refractivity (Wildman–Crippen MR) is 96.4 cm³/mol. The maximum Gasteiger partial charge on any atom is 0.258 e. The summed E-state index contributed by atoms with van der Waals surface area (Å²) in [6, 6.07) is 7.02. The Morgan fingerprint density at radius 1 is 1.44 bits per heavy atom.